The molecule has 0 aromatic rings. The van der Waals surface area contributed by atoms with E-state index < -0.39 is 11.4 Å². The molecule has 2 rings (SSSR count). The zero-order valence-corrected chi connectivity index (χ0v) is 10.2. The second kappa shape index (κ2) is 3.59. The number of carbonyl (C=O) groups is 1. The van der Waals surface area contributed by atoms with Crippen LogP contribution < -0.4 is 0 Å². The Labute approximate surface area is 96.5 Å². The van der Waals surface area contributed by atoms with Gasteiger partial charge in [-0.05, 0) is 31.6 Å². The van der Waals surface area contributed by atoms with E-state index in [4.69, 9.17) is 4.74 Å². The lowest BCUT2D eigenvalue weighted by molar-refractivity contribution is -0.155. The van der Waals surface area contributed by atoms with E-state index in [0.717, 1.165) is 12.8 Å². The maximum absolute atomic E-state index is 11.6. The molecule has 0 radical (unpaired) electrons. The summed E-state index contributed by atoms with van der Waals surface area (Å²) in [5.41, 5.74) is -0.829. The predicted octanol–water partition coefficient (Wildman–Crippen LogP) is 2.33. The summed E-state index contributed by atoms with van der Waals surface area (Å²) >= 11 is 0. The largest absolute Gasteiger partial charge is 0.481 e. The Bertz CT molecular complexity index is 336. The summed E-state index contributed by atoms with van der Waals surface area (Å²) in [6.07, 6.45) is 6.07. The molecule has 3 nitrogen and oxygen atoms in total. The maximum Gasteiger partial charge on any atom is 0.310 e. The molecule has 0 aliphatic heterocycles. The number of allylic oxidation sites excluding steroid dienone is 2. The average Bonchev–Trinajstić information content (AvgIpc) is 2.74. The van der Waals surface area contributed by atoms with Gasteiger partial charge >= 0.3 is 5.97 Å². The fourth-order valence-electron chi connectivity index (χ4n) is 3.74. The van der Waals surface area contributed by atoms with Crippen LogP contribution in [0.15, 0.2) is 12.2 Å². The van der Waals surface area contributed by atoms with Crippen molar-refractivity contribution in [1.29, 1.82) is 0 Å². The van der Waals surface area contributed by atoms with Gasteiger partial charge in [0.25, 0.3) is 0 Å². The van der Waals surface area contributed by atoms with Crippen molar-refractivity contribution in [2.75, 3.05) is 13.7 Å². The number of hydrogen-bond acceptors (Lipinski definition) is 2. The fourth-order valence-corrected chi connectivity index (χ4v) is 3.74. The predicted molar refractivity (Wildman–Crippen MR) is 61.1 cm³/mol. The Balaban J connectivity index is 2.36. The van der Waals surface area contributed by atoms with Crippen LogP contribution in [-0.2, 0) is 9.53 Å². The molecule has 0 heterocycles. The standard InChI is InChI=1S/C13H20O3/c1-9(8-16-3)13-5-4-10(7-13)6-12(13,2)11(14)15/h4-5,9-10H,6-8H2,1-3H3,(H,14,15). The molecule has 2 aliphatic rings. The molecule has 0 saturated heterocycles. The van der Waals surface area contributed by atoms with Gasteiger partial charge < -0.3 is 9.84 Å². The van der Waals surface area contributed by atoms with Gasteiger partial charge in [-0.3, -0.25) is 4.79 Å². The fraction of sp³-hybridized carbons (Fsp3) is 0.769. The van der Waals surface area contributed by atoms with Gasteiger partial charge in [-0.1, -0.05) is 19.1 Å². The van der Waals surface area contributed by atoms with Crippen LogP contribution in [0.1, 0.15) is 26.7 Å². The molecular formula is C13H20O3. The highest BCUT2D eigenvalue weighted by Gasteiger charge is 2.62. The SMILES string of the molecule is COCC(C)C12C=CC(CC1(C)C(=O)O)C2. The van der Waals surface area contributed by atoms with Crippen molar-refractivity contribution in [1.82, 2.24) is 0 Å². The van der Waals surface area contributed by atoms with E-state index in [2.05, 4.69) is 19.1 Å². The summed E-state index contributed by atoms with van der Waals surface area (Å²) in [6, 6.07) is 0. The van der Waals surface area contributed by atoms with Gasteiger partial charge in [0.2, 0.25) is 0 Å². The molecule has 2 bridgehead atoms. The van der Waals surface area contributed by atoms with Crippen LogP contribution in [0.2, 0.25) is 0 Å². The number of ether oxygens (including phenoxy) is 1. The Hall–Kier alpha value is -0.830. The minimum Gasteiger partial charge on any atom is -0.481 e. The highest BCUT2D eigenvalue weighted by atomic mass is 16.5. The first kappa shape index (κ1) is 11.6. The first-order valence-electron chi connectivity index (χ1n) is 5.88. The molecule has 16 heavy (non-hydrogen) atoms. The van der Waals surface area contributed by atoms with E-state index >= 15 is 0 Å². The van der Waals surface area contributed by atoms with E-state index in [-0.39, 0.29) is 11.3 Å². The molecule has 3 heteroatoms. The topological polar surface area (TPSA) is 46.5 Å². The zero-order chi connectivity index (χ0) is 12.0. The van der Waals surface area contributed by atoms with Crippen LogP contribution in [0, 0.1) is 22.7 Å². The van der Waals surface area contributed by atoms with Gasteiger partial charge in [0.15, 0.2) is 0 Å². The Morgan fingerprint density at radius 3 is 2.81 bits per heavy atom. The smallest absolute Gasteiger partial charge is 0.310 e. The summed E-state index contributed by atoms with van der Waals surface area (Å²) in [4.78, 5) is 11.6. The summed E-state index contributed by atoms with van der Waals surface area (Å²) in [5.74, 6) is 0.0325. The van der Waals surface area contributed by atoms with Crippen LogP contribution in [0.4, 0.5) is 0 Å². The summed E-state index contributed by atoms with van der Waals surface area (Å²) in [6.45, 7) is 4.62. The van der Waals surface area contributed by atoms with Gasteiger partial charge in [0, 0.05) is 19.1 Å². The lowest BCUT2D eigenvalue weighted by atomic mass is 9.60. The Morgan fingerprint density at radius 1 is 1.62 bits per heavy atom. The number of rotatable bonds is 4. The quantitative estimate of drug-likeness (QED) is 0.745. The molecule has 0 aromatic carbocycles. The summed E-state index contributed by atoms with van der Waals surface area (Å²) in [7, 11) is 1.68. The number of carboxylic acids is 1. The van der Waals surface area contributed by atoms with E-state index in [9.17, 15) is 9.90 Å². The minimum atomic E-state index is -0.665. The molecule has 4 unspecified atom stereocenters. The number of aliphatic carboxylic acids is 1. The monoisotopic (exact) mass is 224 g/mol. The number of hydrogen-bond donors (Lipinski definition) is 1. The average molecular weight is 224 g/mol. The Kier molecular flexibility index (Phi) is 2.61. The van der Waals surface area contributed by atoms with Crippen molar-refractivity contribution >= 4 is 5.97 Å². The molecule has 2 aliphatic carbocycles. The maximum atomic E-state index is 11.6. The number of methoxy groups -OCH3 is 1. The van der Waals surface area contributed by atoms with E-state index in [1.807, 2.05) is 6.92 Å². The first-order chi connectivity index (χ1) is 7.46. The third-order valence-corrected chi connectivity index (χ3v) is 4.73. The molecule has 0 aromatic heterocycles. The van der Waals surface area contributed by atoms with Crippen LogP contribution in [-0.4, -0.2) is 24.8 Å². The van der Waals surface area contributed by atoms with Crippen molar-refractivity contribution in [3.8, 4) is 0 Å². The number of fused-ring (bicyclic) bond motifs is 2. The van der Waals surface area contributed by atoms with Gasteiger partial charge in [-0.2, -0.15) is 0 Å². The van der Waals surface area contributed by atoms with Gasteiger partial charge in [-0.15, -0.1) is 0 Å². The lowest BCUT2D eigenvalue weighted by Gasteiger charge is -2.43. The second-order valence-electron chi connectivity index (χ2n) is 5.56. The minimum absolute atomic E-state index is 0.209. The molecule has 1 fully saturated rings. The molecule has 1 N–H and O–H groups in total. The van der Waals surface area contributed by atoms with Crippen LogP contribution >= 0.6 is 0 Å². The molecule has 4 atom stereocenters. The zero-order valence-electron chi connectivity index (χ0n) is 10.2. The van der Waals surface area contributed by atoms with Crippen LogP contribution in [0.3, 0.4) is 0 Å². The summed E-state index contributed by atoms with van der Waals surface area (Å²) < 4.78 is 5.21. The van der Waals surface area contributed by atoms with E-state index in [1.54, 1.807) is 7.11 Å². The van der Waals surface area contributed by atoms with Gasteiger partial charge in [0.1, 0.15) is 0 Å². The van der Waals surface area contributed by atoms with Crippen molar-refractivity contribution < 1.29 is 14.6 Å². The molecule has 0 spiro atoms. The van der Waals surface area contributed by atoms with E-state index in [0.29, 0.717) is 12.5 Å². The van der Waals surface area contributed by atoms with E-state index in [1.165, 1.54) is 0 Å². The second-order valence-corrected chi connectivity index (χ2v) is 5.56. The van der Waals surface area contributed by atoms with Gasteiger partial charge in [-0.25, -0.2) is 0 Å². The van der Waals surface area contributed by atoms with Gasteiger partial charge in [0.05, 0.1) is 5.41 Å². The van der Waals surface area contributed by atoms with Crippen LogP contribution in [0.25, 0.3) is 0 Å². The third-order valence-electron chi connectivity index (χ3n) is 4.73. The molecular weight excluding hydrogens is 204 g/mol. The van der Waals surface area contributed by atoms with Crippen molar-refractivity contribution in [2.24, 2.45) is 22.7 Å². The summed E-state index contributed by atoms with van der Waals surface area (Å²) in [5, 5.41) is 9.50. The normalized spacial score (nSPS) is 42.6. The lowest BCUT2D eigenvalue weighted by Crippen LogP contribution is -2.45. The van der Waals surface area contributed by atoms with Crippen molar-refractivity contribution in [3.63, 3.8) is 0 Å². The molecule has 1 saturated carbocycles. The Morgan fingerprint density at radius 2 is 2.31 bits per heavy atom. The highest BCUT2D eigenvalue weighted by molar-refractivity contribution is 5.77. The first-order valence-corrected chi connectivity index (χ1v) is 5.88. The van der Waals surface area contributed by atoms with Crippen LogP contribution in [0.5, 0.6) is 0 Å². The van der Waals surface area contributed by atoms with Crippen molar-refractivity contribution in [3.05, 3.63) is 12.2 Å². The third kappa shape index (κ3) is 1.27. The number of carboxylic acid groups (broad SMARTS) is 1. The molecule has 0 amide bonds. The highest BCUT2D eigenvalue weighted by Crippen LogP contribution is 2.64. The molecule has 90 valence electrons. The van der Waals surface area contributed by atoms with Crippen molar-refractivity contribution in [2.45, 2.75) is 26.7 Å².